The summed E-state index contributed by atoms with van der Waals surface area (Å²) in [5, 5.41) is 10.2. The second kappa shape index (κ2) is 8.31. The fourth-order valence-electron chi connectivity index (χ4n) is 2.77. The Hall–Kier alpha value is -2.12. The molecule has 0 radical (unpaired) electrons. The molecule has 1 saturated heterocycles. The molecule has 7 nitrogen and oxygen atoms in total. The molecule has 2 heterocycles. The summed E-state index contributed by atoms with van der Waals surface area (Å²) in [6, 6.07) is 7.00. The van der Waals surface area contributed by atoms with Crippen molar-refractivity contribution in [3.8, 4) is 5.75 Å². The van der Waals surface area contributed by atoms with E-state index in [0.717, 1.165) is 18.7 Å². The molecule has 2 aromatic rings. The fraction of sp³-hybridized carbons (Fsp3) is 0.471. The number of nitrogens with one attached hydrogen (secondary N) is 2. The van der Waals surface area contributed by atoms with Crippen molar-refractivity contribution < 1.29 is 14.1 Å². The maximum atomic E-state index is 12.7. The summed E-state index contributed by atoms with van der Waals surface area (Å²) in [6.45, 7) is 5.41. The number of rotatable bonds is 6. The Kier molecular flexibility index (Phi) is 6.39. The van der Waals surface area contributed by atoms with Crippen LogP contribution in [0.2, 0.25) is 0 Å². The summed E-state index contributed by atoms with van der Waals surface area (Å²) in [5.74, 6) is 1.79. The third kappa shape index (κ3) is 4.11. The van der Waals surface area contributed by atoms with Crippen LogP contribution in [-0.2, 0) is 4.79 Å². The normalized spacial score (nSPS) is 16.3. The summed E-state index contributed by atoms with van der Waals surface area (Å²) in [6.07, 6.45) is 0. The molecule has 1 aromatic carbocycles. The zero-order chi connectivity index (χ0) is 17.1. The van der Waals surface area contributed by atoms with Gasteiger partial charge in [-0.3, -0.25) is 4.79 Å². The lowest BCUT2D eigenvalue weighted by Crippen LogP contribution is -2.50. The Bertz CT molecular complexity index is 717. The van der Waals surface area contributed by atoms with Gasteiger partial charge in [0.2, 0.25) is 11.8 Å². The van der Waals surface area contributed by atoms with Crippen molar-refractivity contribution >= 4 is 18.3 Å². The Morgan fingerprint density at radius 2 is 2.12 bits per heavy atom. The Morgan fingerprint density at radius 1 is 1.40 bits per heavy atom. The lowest BCUT2D eigenvalue weighted by Gasteiger charge is -2.32. The van der Waals surface area contributed by atoms with Crippen molar-refractivity contribution in [2.24, 2.45) is 11.8 Å². The van der Waals surface area contributed by atoms with Crippen molar-refractivity contribution in [1.29, 1.82) is 0 Å². The van der Waals surface area contributed by atoms with E-state index in [4.69, 9.17) is 9.26 Å². The highest BCUT2D eigenvalue weighted by Gasteiger charge is 2.32. The van der Waals surface area contributed by atoms with Gasteiger partial charge in [-0.1, -0.05) is 30.3 Å². The summed E-state index contributed by atoms with van der Waals surface area (Å²) in [4.78, 5) is 17.0. The fourth-order valence-corrected chi connectivity index (χ4v) is 2.77. The molecule has 0 bridgehead atoms. The first kappa shape index (κ1) is 19.2. The van der Waals surface area contributed by atoms with E-state index >= 15 is 0 Å². The van der Waals surface area contributed by atoms with E-state index in [2.05, 4.69) is 20.8 Å². The quantitative estimate of drug-likeness (QED) is 0.811. The van der Waals surface area contributed by atoms with E-state index < -0.39 is 6.04 Å². The second-order valence-corrected chi connectivity index (χ2v) is 6.06. The molecule has 0 saturated carbocycles. The van der Waals surface area contributed by atoms with Crippen molar-refractivity contribution in [3.05, 3.63) is 41.5 Å². The van der Waals surface area contributed by atoms with E-state index in [1.165, 1.54) is 0 Å². The highest BCUT2D eigenvalue weighted by atomic mass is 35.5. The molecule has 2 unspecified atom stereocenters. The zero-order valence-corrected chi connectivity index (χ0v) is 15.3. The number of aromatic nitrogens is 2. The highest BCUT2D eigenvalue weighted by Crippen LogP contribution is 2.29. The topological polar surface area (TPSA) is 89.3 Å². The minimum atomic E-state index is -0.512. The molecule has 1 aliphatic rings. The van der Waals surface area contributed by atoms with E-state index in [1.807, 2.05) is 31.2 Å². The second-order valence-electron chi connectivity index (χ2n) is 6.06. The third-order valence-electron chi connectivity index (χ3n) is 4.47. The average molecular weight is 367 g/mol. The number of nitrogens with zero attached hydrogens (tertiary/aromatic N) is 2. The predicted molar refractivity (Wildman–Crippen MR) is 94.8 cm³/mol. The largest absolute Gasteiger partial charge is 0.496 e. The van der Waals surface area contributed by atoms with Crippen LogP contribution in [0, 0.1) is 18.8 Å². The Balaban J connectivity index is 0.00000225. The summed E-state index contributed by atoms with van der Waals surface area (Å²) in [5.41, 5.74) is 0.799. The Labute approximate surface area is 152 Å². The van der Waals surface area contributed by atoms with E-state index in [1.54, 1.807) is 14.0 Å². The van der Waals surface area contributed by atoms with Crippen LogP contribution in [0.25, 0.3) is 0 Å². The van der Waals surface area contributed by atoms with Gasteiger partial charge in [-0.05, 0) is 25.1 Å². The SMILES string of the molecule is COc1ccccc1C(NC(=O)C(C)C1CNC1)c1noc(C)n1.Cl. The molecule has 1 aromatic heterocycles. The summed E-state index contributed by atoms with van der Waals surface area (Å²) in [7, 11) is 1.60. The van der Waals surface area contributed by atoms with Crippen LogP contribution in [0.3, 0.4) is 0 Å². The van der Waals surface area contributed by atoms with E-state index in [0.29, 0.717) is 23.4 Å². The first-order valence-electron chi connectivity index (χ1n) is 8.04. The van der Waals surface area contributed by atoms with Crippen molar-refractivity contribution in [2.75, 3.05) is 20.2 Å². The van der Waals surface area contributed by atoms with Gasteiger partial charge >= 0.3 is 0 Å². The van der Waals surface area contributed by atoms with Gasteiger partial charge in [-0.25, -0.2) is 0 Å². The average Bonchev–Trinajstić information content (AvgIpc) is 2.97. The van der Waals surface area contributed by atoms with Gasteiger partial charge < -0.3 is 19.9 Å². The summed E-state index contributed by atoms with van der Waals surface area (Å²) < 4.78 is 10.5. The molecule has 2 N–H and O–H groups in total. The van der Waals surface area contributed by atoms with Crippen LogP contribution in [0.5, 0.6) is 5.75 Å². The number of hydrogen-bond acceptors (Lipinski definition) is 6. The van der Waals surface area contributed by atoms with Crippen LogP contribution in [0.4, 0.5) is 0 Å². The highest BCUT2D eigenvalue weighted by molar-refractivity contribution is 5.85. The van der Waals surface area contributed by atoms with Gasteiger partial charge in [0.1, 0.15) is 11.8 Å². The van der Waals surface area contributed by atoms with Gasteiger partial charge in [0, 0.05) is 18.4 Å². The molecule has 0 aliphatic carbocycles. The summed E-state index contributed by atoms with van der Waals surface area (Å²) >= 11 is 0. The molecule has 1 fully saturated rings. The van der Waals surface area contributed by atoms with Gasteiger partial charge in [-0.2, -0.15) is 4.98 Å². The van der Waals surface area contributed by atoms with E-state index in [9.17, 15) is 4.79 Å². The molecule has 8 heteroatoms. The van der Waals surface area contributed by atoms with Gasteiger partial charge in [0.15, 0.2) is 5.82 Å². The van der Waals surface area contributed by atoms with E-state index in [-0.39, 0.29) is 24.2 Å². The molecule has 1 amide bonds. The predicted octanol–water partition coefficient (Wildman–Crippen LogP) is 1.87. The first-order chi connectivity index (χ1) is 11.6. The first-order valence-corrected chi connectivity index (χ1v) is 8.04. The lowest BCUT2D eigenvalue weighted by molar-refractivity contribution is -0.127. The monoisotopic (exact) mass is 366 g/mol. The zero-order valence-electron chi connectivity index (χ0n) is 14.5. The minimum absolute atomic E-state index is 0. The number of para-hydroxylation sites is 1. The smallest absolute Gasteiger partial charge is 0.224 e. The lowest BCUT2D eigenvalue weighted by atomic mass is 9.88. The molecular weight excluding hydrogens is 344 g/mol. The third-order valence-corrected chi connectivity index (χ3v) is 4.47. The number of amides is 1. The van der Waals surface area contributed by atoms with Crippen LogP contribution in [0.1, 0.15) is 30.2 Å². The standard InChI is InChI=1S/C17H22N4O3.ClH/c1-10(12-8-18-9-12)17(22)20-15(16-19-11(2)24-21-16)13-6-4-5-7-14(13)23-3;/h4-7,10,12,15,18H,8-9H2,1-3H3,(H,20,22);1H. The number of carbonyl (C=O) groups is 1. The van der Waals surface area contributed by atoms with Gasteiger partial charge in [0.25, 0.3) is 0 Å². The molecular formula is C17H23ClN4O3. The van der Waals surface area contributed by atoms with Crippen LogP contribution in [-0.4, -0.2) is 36.2 Å². The molecule has 2 atom stereocenters. The Morgan fingerprint density at radius 3 is 2.68 bits per heavy atom. The van der Waals surface area contributed by atoms with Crippen molar-refractivity contribution in [2.45, 2.75) is 19.9 Å². The minimum Gasteiger partial charge on any atom is -0.496 e. The number of aryl methyl sites for hydroxylation is 1. The van der Waals surface area contributed by atoms with Crippen molar-refractivity contribution in [1.82, 2.24) is 20.8 Å². The molecule has 136 valence electrons. The van der Waals surface area contributed by atoms with Gasteiger partial charge in [0.05, 0.1) is 7.11 Å². The maximum absolute atomic E-state index is 12.7. The maximum Gasteiger partial charge on any atom is 0.224 e. The van der Waals surface area contributed by atoms with Crippen LogP contribution in [0.15, 0.2) is 28.8 Å². The number of hydrogen-bond donors (Lipinski definition) is 2. The van der Waals surface area contributed by atoms with Crippen LogP contribution >= 0.6 is 12.4 Å². The molecule has 0 spiro atoms. The van der Waals surface area contributed by atoms with Crippen molar-refractivity contribution in [3.63, 3.8) is 0 Å². The molecule has 3 rings (SSSR count). The van der Waals surface area contributed by atoms with Crippen LogP contribution < -0.4 is 15.4 Å². The number of ether oxygens (including phenoxy) is 1. The molecule has 25 heavy (non-hydrogen) atoms. The van der Waals surface area contributed by atoms with Gasteiger partial charge in [-0.15, -0.1) is 12.4 Å². The number of methoxy groups -OCH3 is 1. The molecule has 1 aliphatic heterocycles. The number of benzene rings is 1. The number of halogens is 1. The number of carbonyl (C=O) groups excluding carboxylic acids is 1.